The maximum atomic E-state index is 13.2. The van der Waals surface area contributed by atoms with Crippen molar-refractivity contribution < 1.29 is 9.53 Å². The summed E-state index contributed by atoms with van der Waals surface area (Å²) in [5.41, 5.74) is 0.233. The quantitative estimate of drug-likeness (QED) is 0.667. The monoisotopic (exact) mass is 444 g/mol. The van der Waals surface area contributed by atoms with Crippen LogP contribution in [0.15, 0.2) is 45.8 Å². The first-order chi connectivity index (χ1) is 13.2. The topological polar surface area (TPSA) is 86.1 Å². The predicted octanol–water partition coefficient (Wildman–Crippen LogP) is 3.14. The Kier molecular flexibility index (Phi) is 5.51. The van der Waals surface area contributed by atoms with Crippen LogP contribution < -0.4 is 15.6 Å². The molecule has 0 aliphatic heterocycles. The number of hydrogen-bond donors (Lipinski definition) is 1. The summed E-state index contributed by atoms with van der Waals surface area (Å²) in [6, 6.07) is 8.84. The largest absolute Gasteiger partial charge is 0.497 e. The molecule has 8 heteroatoms. The molecule has 0 saturated carbocycles. The fourth-order valence-corrected chi connectivity index (χ4v) is 3.14. The molecule has 28 heavy (non-hydrogen) atoms. The molecule has 0 saturated heterocycles. The zero-order valence-corrected chi connectivity index (χ0v) is 17.7. The van der Waals surface area contributed by atoms with Crippen molar-refractivity contribution in [3.8, 4) is 17.1 Å². The predicted molar refractivity (Wildman–Crippen MR) is 111 cm³/mol. The van der Waals surface area contributed by atoms with E-state index in [2.05, 4.69) is 31.2 Å². The lowest BCUT2D eigenvalue weighted by Gasteiger charge is -2.21. The average Bonchev–Trinajstić information content (AvgIpc) is 2.63. The van der Waals surface area contributed by atoms with Gasteiger partial charge in [-0.05, 0) is 54.9 Å². The van der Waals surface area contributed by atoms with Gasteiger partial charge in [0.15, 0.2) is 5.65 Å². The van der Waals surface area contributed by atoms with E-state index in [1.54, 1.807) is 37.6 Å². The molecule has 3 rings (SSSR count). The molecule has 1 aromatic carbocycles. The lowest BCUT2D eigenvalue weighted by Crippen LogP contribution is -2.43. The first kappa shape index (κ1) is 20.0. The molecule has 0 spiro atoms. The minimum atomic E-state index is -0.411. The summed E-state index contributed by atoms with van der Waals surface area (Å²) in [5.74, 6) is 0.708. The molecule has 7 nitrogen and oxygen atoms in total. The Morgan fingerprint density at radius 1 is 1.29 bits per heavy atom. The lowest BCUT2D eigenvalue weighted by molar-refractivity contribution is -0.123. The van der Waals surface area contributed by atoms with Gasteiger partial charge in [-0.3, -0.25) is 14.2 Å². The lowest BCUT2D eigenvalue weighted by atomic mass is 10.1. The van der Waals surface area contributed by atoms with E-state index in [4.69, 9.17) is 4.74 Å². The van der Waals surface area contributed by atoms with Crippen LogP contribution in [0.2, 0.25) is 0 Å². The molecule has 0 atom stereocenters. The van der Waals surface area contributed by atoms with E-state index in [1.807, 2.05) is 26.8 Å². The van der Waals surface area contributed by atoms with Gasteiger partial charge in [0.05, 0.1) is 12.5 Å². The number of hydrogen-bond acceptors (Lipinski definition) is 5. The standard InChI is InChI=1S/C20H21BrN4O3/c1-20(2,3)24-16(26)11-25-18(12-6-5-7-14(8-12)28-4)23-17-15(19(25)27)9-13(21)10-22-17/h5-10H,11H2,1-4H3,(H,24,26). The number of rotatable bonds is 4. The van der Waals surface area contributed by atoms with Crippen molar-refractivity contribution in [2.45, 2.75) is 32.9 Å². The normalized spacial score (nSPS) is 11.5. The summed E-state index contributed by atoms with van der Waals surface area (Å²) in [4.78, 5) is 34.5. The Hall–Kier alpha value is -2.74. The first-order valence-electron chi connectivity index (χ1n) is 8.69. The molecule has 0 aliphatic carbocycles. The average molecular weight is 445 g/mol. The molecular formula is C20H21BrN4O3. The molecule has 2 heterocycles. The molecule has 0 radical (unpaired) electrons. The number of amides is 1. The number of nitrogens with zero attached hydrogens (tertiary/aromatic N) is 3. The van der Waals surface area contributed by atoms with Crippen LogP contribution >= 0.6 is 15.9 Å². The third-order valence-corrected chi connectivity index (χ3v) is 4.35. The molecule has 0 unspecified atom stereocenters. The summed E-state index contributed by atoms with van der Waals surface area (Å²) in [6.45, 7) is 5.50. The van der Waals surface area contributed by atoms with Crippen molar-refractivity contribution in [3.05, 3.63) is 51.4 Å². The second-order valence-electron chi connectivity index (χ2n) is 7.38. The number of benzene rings is 1. The van der Waals surface area contributed by atoms with E-state index >= 15 is 0 Å². The zero-order chi connectivity index (χ0) is 20.5. The second-order valence-corrected chi connectivity index (χ2v) is 8.30. The number of ether oxygens (including phenoxy) is 1. The Labute approximate surface area is 170 Å². The van der Waals surface area contributed by atoms with Crippen molar-refractivity contribution in [2.75, 3.05) is 7.11 Å². The molecule has 146 valence electrons. The molecule has 3 aromatic rings. The van der Waals surface area contributed by atoms with Crippen LogP contribution in [0.1, 0.15) is 20.8 Å². The number of aromatic nitrogens is 3. The van der Waals surface area contributed by atoms with Gasteiger partial charge in [0.2, 0.25) is 5.91 Å². The maximum Gasteiger partial charge on any atom is 0.263 e. The van der Waals surface area contributed by atoms with Crippen molar-refractivity contribution >= 4 is 32.9 Å². The third-order valence-electron chi connectivity index (χ3n) is 3.92. The van der Waals surface area contributed by atoms with E-state index < -0.39 is 5.54 Å². The second kappa shape index (κ2) is 7.71. The van der Waals surface area contributed by atoms with Gasteiger partial charge in [0.1, 0.15) is 18.1 Å². The maximum absolute atomic E-state index is 13.2. The van der Waals surface area contributed by atoms with E-state index in [0.717, 1.165) is 0 Å². The first-order valence-corrected chi connectivity index (χ1v) is 9.49. The molecule has 0 aliphatic rings. The Morgan fingerprint density at radius 3 is 2.71 bits per heavy atom. The van der Waals surface area contributed by atoms with E-state index in [9.17, 15) is 9.59 Å². The van der Waals surface area contributed by atoms with Crippen molar-refractivity contribution in [1.29, 1.82) is 0 Å². The zero-order valence-electron chi connectivity index (χ0n) is 16.1. The number of pyridine rings is 1. The van der Waals surface area contributed by atoms with Crippen LogP contribution in [0.5, 0.6) is 5.75 Å². The van der Waals surface area contributed by atoms with Gasteiger partial charge in [-0.15, -0.1) is 0 Å². The van der Waals surface area contributed by atoms with Gasteiger partial charge in [-0.1, -0.05) is 12.1 Å². The SMILES string of the molecule is COc1cccc(-c2nc3ncc(Br)cc3c(=O)n2CC(=O)NC(C)(C)C)c1. The minimum absolute atomic E-state index is 0.155. The number of halogens is 1. The number of methoxy groups -OCH3 is 1. The summed E-state index contributed by atoms with van der Waals surface area (Å²) in [7, 11) is 1.57. The summed E-state index contributed by atoms with van der Waals surface area (Å²) in [6.07, 6.45) is 1.58. The highest BCUT2D eigenvalue weighted by molar-refractivity contribution is 9.10. The summed E-state index contributed by atoms with van der Waals surface area (Å²) in [5, 5.41) is 3.22. The van der Waals surface area contributed by atoms with Crippen molar-refractivity contribution in [3.63, 3.8) is 0 Å². The highest BCUT2D eigenvalue weighted by atomic mass is 79.9. The van der Waals surface area contributed by atoms with Gasteiger partial charge in [0.25, 0.3) is 5.56 Å². The number of fused-ring (bicyclic) bond motifs is 1. The van der Waals surface area contributed by atoms with Crippen LogP contribution in [0.4, 0.5) is 0 Å². The van der Waals surface area contributed by atoms with Crippen LogP contribution in [0.3, 0.4) is 0 Å². The van der Waals surface area contributed by atoms with Crippen LogP contribution in [-0.4, -0.2) is 33.1 Å². The van der Waals surface area contributed by atoms with Gasteiger partial charge >= 0.3 is 0 Å². The van der Waals surface area contributed by atoms with Crippen LogP contribution in [0, 0.1) is 0 Å². The minimum Gasteiger partial charge on any atom is -0.497 e. The molecule has 1 N–H and O–H groups in total. The summed E-state index contributed by atoms with van der Waals surface area (Å²) < 4.78 is 7.31. The molecule has 0 bridgehead atoms. The fourth-order valence-electron chi connectivity index (χ4n) is 2.81. The van der Waals surface area contributed by atoms with Gasteiger partial charge in [-0.25, -0.2) is 9.97 Å². The number of carbonyl (C=O) groups is 1. The van der Waals surface area contributed by atoms with Crippen molar-refractivity contribution in [1.82, 2.24) is 19.9 Å². The molecule has 0 fully saturated rings. The highest BCUT2D eigenvalue weighted by Gasteiger charge is 2.19. The number of carbonyl (C=O) groups excluding carboxylic acids is 1. The van der Waals surface area contributed by atoms with Crippen LogP contribution in [-0.2, 0) is 11.3 Å². The molecular weight excluding hydrogens is 424 g/mol. The smallest absolute Gasteiger partial charge is 0.263 e. The van der Waals surface area contributed by atoms with Gasteiger partial charge in [-0.2, -0.15) is 0 Å². The third kappa shape index (κ3) is 4.39. The van der Waals surface area contributed by atoms with Gasteiger partial charge < -0.3 is 10.1 Å². The van der Waals surface area contributed by atoms with E-state index in [1.165, 1.54) is 4.57 Å². The van der Waals surface area contributed by atoms with Crippen molar-refractivity contribution in [2.24, 2.45) is 0 Å². The van der Waals surface area contributed by atoms with E-state index in [0.29, 0.717) is 32.6 Å². The fraction of sp³-hybridized carbons (Fsp3) is 0.300. The number of nitrogens with one attached hydrogen (secondary N) is 1. The van der Waals surface area contributed by atoms with E-state index in [-0.39, 0.29) is 18.0 Å². The molecule has 2 aromatic heterocycles. The highest BCUT2D eigenvalue weighted by Crippen LogP contribution is 2.23. The Morgan fingerprint density at radius 2 is 2.04 bits per heavy atom. The van der Waals surface area contributed by atoms with Gasteiger partial charge in [0, 0.05) is 21.8 Å². The Balaban J connectivity index is 2.21. The molecule has 1 amide bonds. The summed E-state index contributed by atoms with van der Waals surface area (Å²) >= 11 is 3.33. The Bertz CT molecular complexity index is 1100. The van der Waals surface area contributed by atoms with Crippen LogP contribution in [0.25, 0.3) is 22.4 Å².